The molecule has 0 bridgehead atoms. The van der Waals surface area contributed by atoms with E-state index in [2.05, 4.69) is 27.7 Å². The number of carbonyl (C=O) groups is 1. The smallest absolute Gasteiger partial charge is 0.151 e. The third kappa shape index (κ3) is 9.88. The summed E-state index contributed by atoms with van der Waals surface area (Å²) < 4.78 is 30.5. The van der Waals surface area contributed by atoms with Crippen LogP contribution in [0.4, 0.5) is 0 Å². The second kappa shape index (κ2) is 17.2. The summed E-state index contributed by atoms with van der Waals surface area (Å²) in [6.07, 6.45) is 6.85. The first-order valence-electron chi connectivity index (χ1n) is 11.8. The summed E-state index contributed by atoms with van der Waals surface area (Å²) in [5.74, 6) is 0. The lowest BCUT2D eigenvalue weighted by Gasteiger charge is -2.44. The molecular weight excluding hydrogens is 372 g/mol. The van der Waals surface area contributed by atoms with Crippen LogP contribution in [0.25, 0.3) is 0 Å². The third-order valence-electron chi connectivity index (χ3n) is 5.15. The van der Waals surface area contributed by atoms with Crippen LogP contribution in [0.3, 0.4) is 0 Å². The zero-order chi connectivity index (χ0) is 21.3. The molecule has 6 nitrogen and oxygen atoms in total. The van der Waals surface area contributed by atoms with Crippen molar-refractivity contribution in [1.29, 1.82) is 0 Å². The molecule has 6 heteroatoms. The molecule has 0 radical (unpaired) electrons. The van der Waals surface area contributed by atoms with E-state index in [1.807, 2.05) is 0 Å². The molecule has 0 N–H and O–H groups in total. The van der Waals surface area contributed by atoms with Crippen LogP contribution in [0.15, 0.2) is 0 Å². The van der Waals surface area contributed by atoms with E-state index in [0.717, 1.165) is 57.7 Å². The van der Waals surface area contributed by atoms with Crippen molar-refractivity contribution >= 4 is 6.29 Å². The van der Waals surface area contributed by atoms with Gasteiger partial charge in [0.05, 0.1) is 6.61 Å². The Balaban J connectivity index is 2.94. The zero-order valence-electron chi connectivity index (χ0n) is 19.1. The monoisotopic (exact) mass is 416 g/mol. The minimum atomic E-state index is -0.663. The number of aldehydes is 1. The van der Waals surface area contributed by atoms with Crippen molar-refractivity contribution in [1.82, 2.24) is 0 Å². The van der Waals surface area contributed by atoms with E-state index in [9.17, 15) is 4.79 Å². The van der Waals surface area contributed by atoms with Gasteiger partial charge in [-0.05, 0) is 25.7 Å². The van der Waals surface area contributed by atoms with E-state index >= 15 is 0 Å². The quantitative estimate of drug-likeness (QED) is 0.245. The zero-order valence-corrected chi connectivity index (χ0v) is 19.1. The van der Waals surface area contributed by atoms with Crippen LogP contribution in [-0.4, -0.2) is 69.8 Å². The summed E-state index contributed by atoms with van der Waals surface area (Å²) in [5.41, 5.74) is 0. The Bertz CT molecular complexity index is 392. The fraction of sp³-hybridized carbons (Fsp3) is 0.957. The first-order chi connectivity index (χ1) is 14.2. The Morgan fingerprint density at radius 3 is 1.69 bits per heavy atom. The second-order valence-electron chi connectivity index (χ2n) is 7.77. The molecule has 172 valence electrons. The van der Waals surface area contributed by atoms with Crippen molar-refractivity contribution in [3.05, 3.63) is 0 Å². The van der Waals surface area contributed by atoms with Crippen LogP contribution in [0.2, 0.25) is 0 Å². The number of carbonyl (C=O) groups excluding carboxylic acids is 1. The van der Waals surface area contributed by atoms with E-state index in [-0.39, 0.29) is 18.3 Å². The number of unbranched alkanes of at least 4 members (excludes halogenated alkanes) is 4. The highest BCUT2D eigenvalue weighted by Crippen LogP contribution is 2.28. The number of hydrogen-bond acceptors (Lipinski definition) is 6. The van der Waals surface area contributed by atoms with E-state index in [0.29, 0.717) is 33.0 Å². The molecule has 1 aliphatic rings. The number of rotatable bonds is 18. The van der Waals surface area contributed by atoms with Crippen LogP contribution in [0.1, 0.15) is 79.1 Å². The van der Waals surface area contributed by atoms with Crippen molar-refractivity contribution in [2.75, 3.05) is 33.0 Å². The maximum absolute atomic E-state index is 11.8. The lowest BCUT2D eigenvalue weighted by atomic mass is 9.94. The molecule has 29 heavy (non-hydrogen) atoms. The molecule has 0 aromatic carbocycles. The van der Waals surface area contributed by atoms with Crippen molar-refractivity contribution in [3.8, 4) is 0 Å². The van der Waals surface area contributed by atoms with Gasteiger partial charge in [-0.25, -0.2) is 0 Å². The summed E-state index contributed by atoms with van der Waals surface area (Å²) in [6.45, 7) is 11.5. The first-order valence-corrected chi connectivity index (χ1v) is 11.8. The predicted octanol–water partition coefficient (Wildman–Crippen LogP) is 4.33. The van der Waals surface area contributed by atoms with Gasteiger partial charge in [0, 0.05) is 26.4 Å². The number of ether oxygens (including phenoxy) is 5. The van der Waals surface area contributed by atoms with Crippen LogP contribution >= 0.6 is 0 Å². The number of hydrogen-bond donors (Lipinski definition) is 0. The molecule has 1 rings (SSSR count). The molecule has 3 unspecified atom stereocenters. The van der Waals surface area contributed by atoms with E-state index in [1.54, 1.807) is 0 Å². The highest BCUT2D eigenvalue weighted by molar-refractivity contribution is 5.58. The normalized spacial score (nSPS) is 27.2. The molecule has 0 amide bonds. The SMILES string of the molecule is CCCCOCC1O[C@H](C=O)C(OCCCC)C(OCCCC)[C@H]1OCCCC. The van der Waals surface area contributed by atoms with Crippen LogP contribution in [0, 0.1) is 0 Å². The Morgan fingerprint density at radius 2 is 1.17 bits per heavy atom. The summed E-state index contributed by atoms with van der Waals surface area (Å²) in [7, 11) is 0. The van der Waals surface area contributed by atoms with E-state index < -0.39 is 12.2 Å². The standard InChI is InChI=1S/C23H44O6/c1-5-9-13-25-18-20-22(27-15-11-7-3)23(28-16-12-8-4)21(19(17-24)29-20)26-14-10-6-2/h17,19-23H,5-16,18H2,1-4H3/t19-,20?,21?,22+,23?/m1/s1. The molecule has 0 aromatic rings. The van der Waals surface area contributed by atoms with Gasteiger partial charge in [0.1, 0.15) is 30.5 Å². The van der Waals surface area contributed by atoms with E-state index in [4.69, 9.17) is 23.7 Å². The van der Waals surface area contributed by atoms with Crippen molar-refractivity contribution in [2.24, 2.45) is 0 Å². The van der Waals surface area contributed by atoms with Gasteiger partial charge in [0.25, 0.3) is 0 Å². The van der Waals surface area contributed by atoms with Crippen molar-refractivity contribution in [3.63, 3.8) is 0 Å². The largest absolute Gasteiger partial charge is 0.379 e. The highest BCUT2D eigenvalue weighted by Gasteiger charge is 2.48. The minimum Gasteiger partial charge on any atom is -0.379 e. The first kappa shape index (κ1) is 26.5. The molecule has 1 fully saturated rings. The molecular formula is C23H44O6. The van der Waals surface area contributed by atoms with Gasteiger partial charge in [0.15, 0.2) is 6.29 Å². The Kier molecular flexibility index (Phi) is 15.7. The van der Waals surface area contributed by atoms with Crippen molar-refractivity contribution < 1.29 is 28.5 Å². The van der Waals surface area contributed by atoms with E-state index in [1.165, 1.54) is 0 Å². The van der Waals surface area contributed by atoms with Gasteiger partial charge >= 0.3 is 0 Å². The van der Waals surface area contributed by atoms with Gasteiger partial charge in [0.2, 0.25) is 0 Å². The molecule has 1 heterocycles. The molecule has 1 saturated heterocycles. The maximum Gasteiger partial charge on any atom is 0.151 e. The average Bonchev–Trinajstić information content (AvgIpc) is 2.73. The van der Waals surface area contributed by atoms with Crippen LogP contribution in [-0.2, 0) is 28.5 Å². The predicted molar refractivity (Wildman–Crippen MR) is 114 cm³/mol. The second-order valence-corrected chi connectivity index (χ2v) is 7.77. The summed E-state index contributed by atoms with van der Waals surface area (Å²) in [4.78, 5) is 11.8. The summed E-state index contributed by atoms with van der Waals surface area (Å²) in [6, 6.07) is 0. The van der Waals surface area contributed by atoms with Crippen molar-refractivity contribution in [2.45, 2.75) is 110 Å². The fourth-order valence-electron chi connectivity index (χ4n) is 3.30. The summed E-state index contributed by atoms with van der Waals surface area (Å²) in [5, 5.41) is 0. The molecule has 0 spiro atoms. The maximum atomic E-state index is 11.8. The van der Waals surface area contributed by atoms with Gasteiger partial charge in [-0.15, -0.1) is 0 Å². The molecule has 1 aliphatic heterocycles. The molecule has 0 saturated carbocycles. The van der Waals surface area contributed by atoms with Gasteiger partial charge < -0.3 is 28.5 Å². The summed E-state index contributed by atoms with van der Waals surface area (Å²) >= 11 is 0. The molecule has 0 aromatic heterocycles. The fourth-order valence-corrected chi connectivity index (χ4v) is 3.30. The third-order valence-corrected chi connectivity index (χ3v) is 5.15. The Morgan fingerprint density at radius 1 is 0.690 bits per heavy atom. The molecule has 0 aliphatic carbocycles. The van der Waals surface area contributed by atoms with Gasteiger partial charge in [-0.3, -0.25) is 0 Å². The lowest BCUT2D eigenvalue weighted by Crippen LogP contribution is -2.62. The topological polar surface area (TPSA) is 63.2 Å². The Labute approximate surface area is 177 Å². The molecule has 5 atom stereocenters. The average molecular weight is 417 g/mol. The van der Waals surface area contributed by atoms with Crippen LogP contribution in [0.5, 0.6) is 0 Å². The van der Waals surface area contributed by atoms with Gasteiger partial charge in [-0.2, -0.15) is 0 Å². The Hall–Kier alpha value is -0.530. The lowest BCUT2D eigenvalue weighted by molar-refractivity contribution is -0.258. The van der Waals surface area contributed by atoms with Gasteiger partial charge in [-0.1, -0.05) is 53.4 Å². The van der Waals surface area contributed by atoms with Crippen LogP contribution < -0.4 is 0 Å². The highest BCUT2D eigenvalue weighted by atomic mass is 16.6. The minimum absolute atomic E-state index is 0.303.